The summed E-state index contributed by atoms with van der Waals surface area (Å²) in [6, 6.07) is 21.2. The molecule has 0 aliphatic rings. The lowest BCUT2D eigenvalue weighted by atomic mass is 10.2. The maximum absolute atomic E-state index is 12.2. The monoisotopic (exact) mass is 466 g/mol. The number of amides is 1. The SMILES string of the molecule is Cc1cccc(OCC(=O)N/N=C\c2ccc(OC(=O)c3ccccc3Br)cc2)c1. The van der Waals surface area contributed by atoms with E-state index in [1.54, 1.807) is 48.5 Å². The Morgan fingerprint density at radius 1 is 1.00 bits per heavy atom. The molecule has 0 heterocycles. The zero-order valence-electron chi connectivity index (χ0n) is 16.2. The van der Waals surface area contributed by atoms with Crippen molar-refractivity contribution in [2.45, 2.75) is 6.92 Å². The quantitative estimate of drug-likeness (QED) is 0.240. The van der Waals surface area contributed by atoms with Gasteiger partial charge in [-0.15, -0.1) is 0 Å². The molecule has 0 bridgehead atoms. The maximum atomic E-state index is 12.2. The number of carbonyl (C=O) groups is 2. The van der Waals surface area contributed by atoms with Crippen molar-refractivity contribution in [2.24, 2.45) is 5.10 Å². The van der Waals surface area contributed by atoms with Crippen LogP contribution in [0.4, 0.5) is 0 Å². The van der Waals surface area contributed by atoms with Crippen LogP contribution < -0.4 is 14.9 Å². The van der Waals surface area contributed by atoms with Crippen molar-refractivity contribution >= 4 is 34.0 Å². The molecule has 3 rings (SSSR count). The van der Waals surface area contributed by atoms with E-state index in [-0.39, 0.29) is 12.5 Å². The van der Waals surface area contributed by atoms with Gasteiger partial charge in [-0.2, -0.15) is 5.10 Å². The molecule has 0 radical (unpaired) electrons. The first-order chi connectivity index (χ1) is 14.5. The molecular formula is C23H19BrN2O4. The zero-order valence-corrected chi connectivity index (χ0v) is 17.8. The number of halogens is 1. The van der Waals surface area contributed by atoms with Gasteiger partial charge in [0.1, 0.15) is 11.5 Å². The molecule has 1 amide bonds. The van der Waals surface area contributed by atoms with E-state index in [4.69, 9.17) is 9.47 Å². The number of nitrogens with zero attached hydrogens (tertiary/aromatic N) is 1. The van der Waals surface area contributed by atoms with Gasteiger partial charge < -0.3 is 9.47 Å². The highest BCUT2D eigenvalue weighted by molar-refractivity contribution is 9.10. The van der Waals surface area contributed by atoms with E-state index in [0.29, 0.717) is 21.5 Å². The van der Waals surface area contributed by atoms with Crippen molar-refractivity contribution in [2.75, 3.05) is 6.61 Å². The smallest absolute Gasteiger partial charge is 0.344 e. The second-order valence-electron chi connectivity index (χ2n) is 6.34. The number of rotatable bonds is 7. The highest BCUT2D eigenvalue weighted by atomic mass is 79.9. The van der Waals surface area contributed by atoms with Gasteiger partial charge in [-0.1, -0.05) is 24.3 Å². The topological polar surface area (TPSA) is 77.0 Å². The first-order valence-corrected chi connectivity index (χ1v) is 9.89. The highest BCUT2D eigenvalue weighted by Crippen LogP contribution is 2.19. The van der Waals surface area contributed by atoms with Crippen LogP contribution in [-0.2, 0) is 4.79 Å². The molecule has 0 saturated heterocycles. The largest absolute Gasteiger partial charge is 0.484 e. The number of nitrogens with one attached hydrogen (secondary N) is 1. The summed E-state index contributed by atoms with van der Waals surface area (Å²) in [6.45, 7) is 1.81. The fraction of sp³-hybridized carbons (Fsp3) is 0.0870. The van der Waals surface area contributed by atoms with Crippen molar-refractivity contribution in [3.8, 4) is 11.5 Å². The number of hydrogen-bond acceptors (Lipinski definition) is 5. The van der Waals surface area contributed by atoms with Gasteiger partial charge in [0.05, 0.1) is 11.8 Å². The molecule has 7 heteroatoms. The van der Waals surface area contributed by atoms with Crippen LogP contribution in [0.15, 0.2) is 82.4 Å². The molecule has 3 aromatic rings. The molecule has 0 fully saturated rings. The second-order valence-corrected chi connectivity index (χ2v) is 7.19. The number of aryl methyl sites for hydroxylation is 1. The summed E-state index contributed by atoms with van der Waals surface area (Å²) < 4.78 is 11.4. The fourth-order valence-electron chi connectivity index (χ4n) is 2.48. The first-order valence-electron chi connectivity index (χ1n) is 9.09. The molecule has 1 N–H and O–H groups in total. The van der Waals surface area contributed by atoms with Crippen molar-refractivity contribution in [1.29, 1.82) is 0 Å². The fourth-order valence-corrected chi connectivity index (χ4v) is 2.92. The first kappa shape index (κ1) is 21.3. The third-order valence-corrected chi connectivity index (χ3v) is 4.64. The van der Waals surface area contributed by atoms with Gasteiger partial charge in [0.2, 0.25) is 0 Å². The Hall–Kier alpha value is -3.45. The molecule has 0 aromatic heterocycles. The Balaban J connectivity index is 1.48. The zero-order chi connectivity index (χ0) is 21.3. The lowest BCUT2D eigenvalue weighted by Crippen LogP contribution is -2.24. The summed E-state index contributed by atoms with van der Waals surface area (Å²) in [5.74, 6) is 0.210. The number of esters is 1. The third-order valence-electron chi connectivity index (χ3n) is 3.95. The molecule has 0 aliphatic heterocycles. The van der Waals surface area contributed by atoms with E-state index in [0.717, 1.165) is 11.1 Å². The number of hydrogen-bond donors (Lipinski definition) is 1. The Bertz CT molecular complexity index is 1060. The Kier molecular flexibility index (Phi) is 7.34. The van der Waals surface area contributed by atoms with Gasteiger partial charge in [0.25, 0.3) is 5.91 Å². The average molecular weight is 467 g/mol. The minimum atomic E-state index is -0.454. The summed E-state index contributed by atoms with van der Waals surface area (Å²) in [4.78, 5) is 24.0. The van der Waals surface area contributed by atoms with Crippen LogP contribution in [0.5, 0.6) is 11.5 Å². The van der Waals surface area contributed by atoms with Gasteiger partial charge in [-0.05, 0) is 82.5 Å². The van der Waals surface area contributed by atoms with Crippen molar-refractivity contribution in [3.63, 3.8) is 0 Å². The van der Waals surface area contributed by atoms with Crippen LogP contribution in [0.1, 0.15) is 21.5 Å². The highest BCUT2D eigenvalue weighted by Gasteiger charge is 2.11. The van der Waals surface area contributed by atoms with Gasteiger partial charge >= 0.3 is 5.97 Å². The molecule has 6 nitrogen and oxygen atoms in total. The maximum Gasteiger partial charge on any atom is 0.344 e. The number of benzene rings is 3. The predicted molar refractivity (Wildman–Crippen MR) is 118 cm³/mol. The molecule has 0 aliphatic carbocycles. The van der Waals surface area contributed by atoms with Gasteiger partial charge in [-0.25, -0.2) is 10.2 Å². The Morgan fingerprint density at radius 2 is 1.77 bits per heavy atom. The van der Waals surface area contributed by atoms with E-state index >= 15 is 0 Å². The van der Waals surface area contributed by atoms with Crippen LogP contribution in [0.3, 0.4) is 0 Å². The predicted octanol–water partition coefficient (Wildman–Crippen LogP) is 4.51. The van der Waals surface area contributed by atoms with Crippen molar-refractivity contribution < 1.29 is 19.1 Å². The normalized spacial score (nSPS) is 10.6. The summed E-state index contributed by atoms with van der Waals surface area (Å²) >= 11 is 3.33. The second kappa shape index (κ2) is 10.4. The van der Waals surface area contributed by atoms with Gasteiger partial charge in [0, 0.05) is 4.47 Å². The minimum absolute atomic E-state index is 0.134. The summed E-state index contributed by atoms with van der Waals surface area (Å²) in [7, 11) is 0. The molecule has 30 heavy (non-hydrogen) atoms. The Labute approximate surface area is 182 Å². The van der Waals surface area contributed by atoms with Crippen LogP contribution in [0.25, 0.3) is 0 Å². The van der Waals surface area contributed by atoms with Crippen LogP contribution in [-0.4, -0.2) is 24.7 Å². The average Bonchev–Trinajstić information content (AvgIpc) is 2.74. The lowest BCUT2D eigenvalue weighted by Gasteiger charge is -2.06. The van der Waals surface area contributed by atoms with Crippen molar-refractivity contribution in [1.82, 2.24) is 5.43 Å². The molecule has 3 aromatic carbocycles. The summed E-state index contributed by atoms with van der Waals surface area (Å²) in [6.07, 6.45) is 1.49. The van der Waals surface area contributed by atoms with E-state index in [1.165, 1.54) is 6.21 Å². The standard InChI is InChI=1S/C23H19BrN2O4/c1-16-5-4-6-19(13-16)29-15-22(27)26-25-14-17-9-11-18(12-10-17)30-23(28)20-7-2-3-8-21(20)24/h2-14H,15H2,1H3,(H,26,27)/b25-14-. The summed E-state index contributed by atoms with van der Waals surface area (Å²) in [5.41, 5.74) is 4.63. The van der Waals surface area contributed by atoms with E-state index in [1.807, 2.05) is 31.2 Å². The number of ether oxygens (including phenoxy) is 2. The van der Waals surface area contributed by atoms with Gasteiger partial charge in [0.15, 0.2) is 6.61 Å². The molecule has 0 atom stereocenters. The van der Waals surface area contributed by atoms with E-state index in [2.05, 4.69) is 26.5 Å². The third kappa shape index (κ3) is 6.28. The lowest BCUT2D eigenvalue weighted by molar-refractivity contribution is -0.123. The molecule has 0 saturated carbocycles. The molecule has 0 spiro atoms. The molecule has 152 valence electrons. The Morgan fingerprint density at radius 3 is 2.50 bits per heavy atom. The number of carbonyl (C=O) groups excluding carboxylic acids is 2. The van der Waals surface area contributed by atoms with E-state index in [9.17, 15) is 9.59 Å². The molecular weight excluding hydrogens is 448 g/mol. The minimum Gasteiger partial charge on any atom is -0.484 e. The van der Waals surface area contributed by atoms with Crippen molar-refractivity contribution in [3.05, 3.63) is 94.0 Å². The van der Waals surface area contributed by atoms with Crippen LogP contribution in [0.2, 0.25) is 0 Å². The summed E-state index contributed by atoms with van der Waals surface area (Å²) in [5, 5.41) is 3.90. The number of hydrazone groups is 1. The van der Waals surface area contributed by atoms with Gasteiger partial charge in [-0.3, -0.25) is 4.79 Å². The van der Waals surface area contributed by atoms with E-state index < -0.39 is 5.97 Å². The van der Waals surface area contributed by atoms with Crippen LogP contribution >= 0.6 is 15.9 Å². The molecule has 0 unspecified atom stereocenters. The van der Waals surface area contributed by atoms with Crippen LogP contribution in [0, 0.1) is 6.92 Å².